The van der Waals surface area contributed by atoms with Crippen molar-refractivity contribution in [2.24, 2.45) is 0 Å². The normalized spacial score (nSPS) is 20.9. The van der Waals surface area contributed by atoms with Gasteiger partial charge in [-0.25, -0.2) is 9.97 Å². The summed E-state index contributed by atoms with van der Waals surface area (Å²) in [5.74, 6) is 2.86. The molecule has 1 aliphatic carbocycles. The zero-order chi connectivity index (χ0) is 17.8. The van der Waals surface area contributed by atoms with Crippen LogP contribution in [0.2, 0.25) is 0 Å². The lowest BCUT2D eigenvalue weighted by atomic mass is 10.1. The lowest BCUT2D eigenvalue weighted by molar-refractivity contribution is 0.563. The van der Waals surface area contributed by atoms with E-state index in [1.807, 2.05) is 10.8 Å². The molecule has 7 nitrogen and oxygen atoms in total. The molecule has 2 aliphatic heterocycles. The highest BCUT2D eigenvalue weighted by Gasteiger charge is 2.33. The average Bonchev–Trinajstić information content (AvgIpc) is 3.46. The average molecular weight is 359 g/mol. The Kier molecular flexibility index (Phi) is 3.23. The van der Waals surface area contributed by atoms with Crippen LogP contribution in [0.5, 0.6) is 0 Å². The van der Waals surface area contributed by atoms with Crippen molar-refractivity contribution in [2.45, 2.75) is 50.7 Å². The minimum atomic E-state index is 0.125. The summed E-state index contributed by atoms with van der Waals surface area (Å²) in [6.45, 7) is 0.770. The molecule has 1 unspecified atom stereocenters. The van der Waals surface area contributed by atoms with Crippen molar-refractivity contribution in [1.29, 1.82) is 0 Å². The van der Waals surface area contributed by atoms with Gasteiger partial charge in [0.2, 0.25) is 0 Å². The van der Waals surface area contributed by atoms with Crippen LogP contribution in [0, 0.1) is 0 Å². The molecular weight excluding hydrogens is 338 g/mol. The smallest absolute Gasteiger partial charge is 0.157 e. The first-order valence-corrected chi connectivity index (χ1v) is 9.74. The molecule has 1 aromatic carbocycles. The van der Waals surface area contributed by atoms with Crippen molar-refractivity contribution in [3.05, 3.63) is 54.0 Å². The molecule has 1 saturated carbocycles. The zero-order valence-electron chi connectivity index (χ0n) is 15.0. The largest absolute Gasteiger partial charge is 0.375 e. The van der Waals surface area contributed by atoms with Crippen LogP contribution >= 0.6 is 0 Å². The van der Waals surface area contributed by atoms with Crippen molar-refractivity contribution >= 4 is 11.5 Å². The summed E-state index contributed by atoms with van der Waals surface area (Å²) in [5, 5.41) is 12.0. The number of aromatic nitrogens is 5. The predicted octanol–water partition coefficient (Wildman–Crippen LogP) is 3.03. The highest BCUT2D eigenvalue weighted by atomic mass is 15.4. The molecule has 1 fully saturated rings. The van der Waals surface area contributed by atoms with Crippen molar-refractivity contribution in [2.75, 3.05) is 10.2 Å². The fourth-order valence-corrected chi connectivity index (χ4v) is 4.70. The zero-order valence-corrected chi connectivity index (χ0v) is 15.0. The summed E-state index contributed by atoms with van der Waals surface area (Å²) in [5.41, 5.74) is 3.52. The molecular formula is C20H21N7. The highest BCUT2D eigenvalue weighted by Crippen LogP contribution is 2.38. The van der Waals surface area contributed by atoms with Crippen LogP contribution in [0.1, 0.15) is 48.9 Å². The number of hydrogen-bond donors (Lipinski definition) is 1. The first-order chi connectivity index (χ1) is 13.4. The third kappa shape index (κ3) is 2.34. The molecule has 1 atom stereocenters. The molecule has 7 heteroatoms. The van der Waals surface area contributed by atoms with E-state index in [4.69, 9.17) is 9.97 Å². The fraction of sp³-hybridized carbons (Fsp3) is 0.400. The van der Waals surface area contributed by atoms with Gasteiger partial charge < -0.3 is 10.2 Å². The number of hydrogen-bond acceptors (Lipinski definition) is 6. The van der Waals surface area contributed by atoms with E-state index < -0.39 is 0 Å². The Morgan fingerprint density at radius 1 is 1.11 bits per heavy atom. The summed E-state index contributed by atoms with van der Waals surface area (Å²) >= 11 is 0. The lowest BCUT2D eigenvalue weighted by Gasteiger charge is -2.34. The van der Waals surface area contributed by atoms with Crippen LogP contribution in [0.4, 0.5) is 11.5 Å². The molecule has 2 aromatic heterocycles. The van der Waals surface area contributed by atoms with E-state index in [0.717, 1.165) is 36.1 Å². The Bertz CT molecular complexity index is 980. The van der Waals surface area contributed by atoms with Gasteiger partial charge in [0.05, 0.1) is 18.8 Å². The van der Waals surface area contributed by atoms with E-state index in [-0.39, 0.29) is 6.04 Å². The Balaban J connectivity index is 1.41. The van der Waals surface area contributed by atoms with Gasteiger partial charge in [-0.3, -0.25) is 4.57 Å². The van der Waals surface area contributed by atoms with E-state index in [1.165, 1.54) is 36.9 Å². The van der Waals surface area contributed by atoms with Gasteiger partial charge in [0.1, 0.15) is 12.0 Å². The van der Waals surface area contributed by atoms with Crippen LogP contribution in [0.3, 0.4) is 0 Å². The van der Waals surface area contributed by atoms with E-state index in [9.17, 15) is 0 Å². The maximum absolute atomic E-state index is 5.06. The quantitative estimate of drug-likeness (QED) is 0.758. The molecule has 1 N–H and O–H groups in total. The summed E-state index contributed by atoms with van der Waals surface area (Å²) in [4.78, 5) is 12.2. The third-order valence-electron chi connectivity index (χ3n) is 6.08. The number of nitrogens with zero attached hydrogens (tertiary/aromatic N) is 6. The molecule has 3 aliphatic rings. The molecule has 0 saturated heterocycles. The van der Waals surface area contributed by atoms with Crippen LogP contribution in [0.25, 0.3) is 5.69 Å². The Labute approximate surface area is 157 Å². The highest BCUT2D eigenvalue weighted by molar-refractivity contribution is 5.62. The number of para-hydroxylation sites is 1. The molecule has 27 heavy (non-hydrogen) atoms. The Hall–Kier alpha value is -2.96. The molecule has 4 heterocycles. The van der Waals surface area contributed by atoms with Gasteiger partial charge >= 0.3 is 0 Å². The number of benzene rings is 1. The van der Waals surface area contributed by atoms with E-state index in [2.05, 4.69) is 44.7 Å². The molecule has 0 radical (unpaired) electrons. The second-order valence-electron chi connectivity index (χ2n) is 7.68. The Morgan fingerprint density at radius 3 is 2.89 bits per heavy atom. The van der Waals surface area contributed by atoms with Crippen LogP contribution in [0.15, 0.2) is 36.8 Å². The maximum atomic E-state index is 5.06. The summed E-state index contributed by atoms with van der Waals surface area (Å²) in [7, 11) is 0. The van der Waals surface area contributed by atoms with E-state index >= 15 is 0 Å². The third-order valence-corrected chi connectivity index (χ3v) is 6.08. The molecule has 0 amide bonds. The minimum Gasteiger partial charge on any atom is -0.375 e. The molecule has 6 rings (SSSR count). The molecule has 0 bridgehead atoms. The van der Waals surface area contributed by atoms with Crippen molar-refractivity contribution in [1.82, 2.24) is 24.7 Å². The second kappa shape index (κ2) is 5.77. The van der Waals surface area contributed by atoms with Gasteiger partial charge in [-0.2, -0.15) is 0 Å². The SMILES string of the molecule is c1ccc2c(c1)CC(c1ncc3c(n1)N(C1CCCC1)Cc1nncn1-3)N2. The first-order valence-electron chi connectivity index (χ1n) is 9.74. The maximum Gasteiger partial charge on any atom is 0.157 e. The van der Waals surface area contributed by atoms with Gasteiger partial charge in [0, 0.05) is 18.2 Å². The van der Waals surface area contributed by atoms with Crippen LogP contribution in [-0.2, 0) is 13.0 Å². The number of fused-ring (bicyclic) bond motifs is 4. The monoisotopic (exact) mass is 359 g/mol. The second-order valence-corrected chi connectivity index (χ2v) is 7.68. The lowest BCUT2D eigenvalue weighted by Crippen LogP contribution is -2.38. The fourth-order valence-electron chi connectivity index (χ4n) is 4.70. The van der Waals surface area contributed by atoms with Gasteiger partial charge in [0.15, 0.2) is 17.5 Å². The van der Waals surface area contributed by atoms with Gasteiger partial charge in [-0.05, 0) is 24.5 Å². The number of rotatable bonds is 2. The summed E-state index contributed by atoms with van der Waals surface area (Å²) in [6, 6.07) is 9.12. The van der Waals surface area contributed by atoms with Crippen molar-refractivity contribution < 1.29 is 0 Å². The standard InChI is InChI=1S/C20H21N7/c1-4-8-15-13(5-1)9-16(23-15)19-21-10-17-20(24-19)26(14-6-2-3-7-14)11-18-25-22-12-27(17)18/h1,4-5,8,10,12,14,16,23H,2-3,6-7,9,11H2. The minimum absolute atomic E-state index is 0.125. The van der Waals surface area contributed by atoms with Crippen LogP contribution < -0.4 is 10.2 Å². The van der Waals surface area contributed by atoms with Gasteiger partial charge in [-0.1, -0.05) is 31.0 Å². The summed E-state index contributed by atoms with van der Waals surface area (Å²) in [6.07, 6.45) is 9.67. The topological polar surface area (TPSA) is 71.8 Å². The van der Waals surface area contributed by atoms with E-state index in [0.29, 0.717) is 6.04 Å². The van der Waals surface area contributed by atoms with E-state index in [1.54, 1.807) is 6.33 Å². The van der Waals surface area contributed by atoms with Crippen LogP contribution in [-0.4, -0.2) is 30.8 Å². The van der Waals surface area contributed by atoms with Crippen molar-refractivity contribution in [3.8, 4) is 5.69 Å². The number of anilines is 2. The van der Waals surface area contributed by atoms with Crippen molar-refractivity contribution in [3.63, 3.8) is 0 Å². The molecule has 0 spiro atoms. The predicted molar refractivity (Wildman–Crippen MR) is 102 cm³/mol. The summed E-state index contributed by atoms with van der Waals surface area (Å²) < 4.78 is 2.03. The van der Waals surface area contributed by atoms with Gasteiger partial charge in [0.25, 0.3) is 0 Å². The number of nitrogens with one attached hydrogen (secondary N) is 1. The van der Waals surface area contributed by atoms with Gasteiger partial charge in [-0.15, -0.1) is 10.2 Å². The molecule has 3 aromatic rings. The Morgan fingerprint density at radius 2 is 2.00 bits per heavy atom. The first kappa shape index (κ1) is 15.1. The molecule has 136 valence electrons.